The van der Waals surface area contributed by atoms with Gasteiger partial charge < -0.3 is 4.72 Å². The van der Waals surface area contributed by atoms with Crippen LogP contribution in [0, 0.1) is 0 Å². The molecule has 2 aromatic carbocycles. The van der Waals surface area contributed by atoms with Gasteiger partial charge in [0.25, 0.3) is 0 Å². The number of rotatable bonds is 4. The molecular formula is C14H15NS. The predicted molar refractivity (Wildman–Crippen MR) is 73.6 cm³/mol. The van der Waals surface area contributed by atoms with Crippen molar-refractivity contribution in [3.63, 3.8) is 0 Å². The summed E-state index contributed by atoms with van der Waals surface area (Å²) in [6.45, 7) is 2.14. The second kappa shape index (κ2) is 5.61. The molecule has 1 nitrogen and oxygen atoms in total. The number of hydrogen-bond donors (Lipinski definition) is 1. The second-order valence-corrected chi connectivity index (χ2v) is 4.52. The van der Waals surface area contributed by atoms with Gasteiger partial charge in [-0.05, 0) is 11.6 Å². The van der Waals surface area contributed by atoms with E-state index in [1.165, 1.54) is 16.8 Å². The molecule has 0 unspecified atom stereocenters. The average Bonchev–Trinajstić information content (AvgIpc) is 2.38. The summed E-state index contributed by atoms with van der Waals surface area (Å²) in [7, 11) is 0. The van der Waals surface area contributed by atoms with E-state index in [-0.39, 0.29) is 0 Å². The third-order valence-electron chi connectivity index (χ3n) is 2.34. The number of nitrogens with one attached hydrogen (secondary N) is 1. The van der Waals surface area contributed by atoms with Crippen molar-refractivity contribution in [2.24, 2.45) is 0 Å². The standard InChI is InChI=1S/C14H15NS/c1-2-16-15-14-11-7-6-10-13(14)12-8-4-3-5-9-12/h3-11,15H,2H2,1H3. The Kier molecular flexibility index (Phi) is 3.89. The van der Waals surface area contributed by atoms with E-state index in [0.29, 0.717) is 0 Å². The molecule has 0 bridgehead atoms. The van der Waals surface area contributed by atoms with Crippen molar-refractivity contribution in [2.45, 2.75) is 6.92 Å². The number of para-hydroxylation sites is 1. The molecule has 0 aromatic heterocycles. The second-order valence-electron chi connectivity index (χ2n) is 3.45. The molecule has 0 saturated carbocycles. The molecule has 0 fully saturated rings. The lowest BCUT2D eigenvalue weighted by atomic mass is 10.0. The molecule has 82 valence electrons. The van der Waals surface area contributed by atoms with Gasteiger partial charge in [0, 0.05) is 11.3 Å². The normalized spacial score (nSPS) is 10.1. The van der Waals surface area contributed by atoms with Gasteiger partial charge in [0.2, 0.25) is 0 Å². The van der Waals surface area contributed by atoms with Crippen molar-refractivity contribution in [3.05, 3.63) is 54.6 Å². The monoisotopic (exact) mass is 229 g/mol. The Hall–Kier alpha value is -1.41. The van der Waals surface area contributed by atoms with E-state index in [1.54, 1.807) is 11.9 Å². The molecule has 0 spiro atoms. The maximum Gasteiger partial charge on any atom is 0.0519 e. The molecule has 0 aliphatic rings. The first-order chi connectivity index (χ1) is 7.92. The minimum absolute atomic E-state index is 1.06. The van der Waals surface area contributed by atoms with Gasteiger partial charge in [-0.2, -0.15) is 0 Å². The van der Waals surface area contributed by atoms with Crippen LogP contribution in [0.5, 0.6) is 0 Å². The summed E-state index contributed by atoms with van der Waals surface area (Å²) in [5, 5.41) is 0. The van der Waals surface area contributed by atoms with E-state index >= 15 is 0 Å². The lowest BCUT2D eigenvalue weighted by molar-refractivity contribution is 1.52. The fraction of sp³-hybridized carbons (Fsp3) is 0.143. The summed E-state index contributed by atoms with van der Waals surface area (Å²) in [5.41, 5.74) is 3.69. The molecule has 0 saturated heterocycles. The predicted octanol–water partition coefficient (Wildman–Crippen LogP) is 4.43. The molecule has 16 heavy (non-hydrogen) atoms. The van der Waals surface area contributed by atoms with Crippen LogP contribution in [0.3, 0.4) is 0 Å². The lowest BCUT2D eigenvalue weighted by Gasteiger charge is -2.10. The van der Waals surface area contributed by atoms with E-state index in [4.69, 9.17) is 0 Å². The first-order valence-electron chi connectivity index (χ1n) is 5.44. The van der Waals surface area contributed by atoms with E-state index in [9.17, 15) is 0 Å². The van der Waals surface area contributed by atoms with Crippen molar-refractivity contribution in [1.29, 1.82) is 0 Å². The maximum atomic E-state index is 3.38. The van der Waals surface area contributed by atoms with Gasteiger partial charge in [-0.25, -0.2) is 0 Å². The molecule has 2 heteroatoms. The summed E-state index contributed by atoms with van der Waals surface area (Å²) in [4.78, 5) is 0. The Morgan fingerprint density at radius 1 is 0.938 bits per heavy atom. The van der Waals surface area contributed by atoms with Gasteiger partial charge in [-0.15, -0.1) is 0 Å². The Morgan fingerprint density at radius 2 is 1.62 bits per heavy atom. The molecule has 2 rings (SSSR count). The fourth-order valence-corrected chi connectivity index (χ4v) is 2.07. The minimum atomic E-state index is 1.06. The summed E-state index contributed by atoms with van der Waals surface area (Å²) >= 11 is 1.72. The quantitative estimate of drug-likeness (QED) is 0.778. The maximum absolute atomic E-state index is 3.38. The first kappa shape index (κ1) is 11.1. The number of anilines is 1. The van der Waals surface area contributed by atoms with Gasteiger partial charge >= 0.3 is 0 Å². The molecule has 0 radical (unpaired) electrons. The van der Waals surface area contributed by atoms with Crippen molar-refractivity contribution >= 4 is 17.6 Å². The third kappa shape index (κ3) is 2.58. The van der Waals surface area contributed by atoms with Crippen molar-refractivity contribution in [2.75, 3.05) is 10.5 Å². The van der Waals surface area contributed by atoms with E-state index < -0.39 is 0 Å². The molecule has 0 atom stereocenters. The molecule has 2 aromatic rings. The van der Waals surface area contributed by atoms with Gasteiger partial charge in [0.15, 0.2) is 0 Å². The molecule has 0 heterocycles. The van der Waals surface area contributed by atoms with Gasteiger partial charge in [-0.1, -0.05) is 67.4 Å². The lowest BCUT2D eigenvalue weighted by Crippen LogP contribution is -1.90. The zero-order valence-electron chi connectivity index (χ0n) is 9.31. The van der Waals surface area contributed by atoms with Crippen molar-refractivity contribution in [3.8, 4) is 11.1 Å². The largest absolute Gasteiger partial charge is 0.329 e. The van der Waals surface area contributed by atoms with E-state index in [2.05, 4.69) is 60.2 Å². The topological polar surface area (TPSA) is 12.0 Å². The molecule has 0 amide bonds. The Morgan fingerprint density at radius 3 is 2.38 bits per heavy atom. The van der Waals surface area contributed by atoms with Crippen molar-refractivity contribution < 1.29 is 0 Å². The fourth-order valence-electron chi connectivity index (χ4n) is 1.59. The van der Waals surface area contributed by atoms with Gasteiger partial charge in [0.05, 0.1) is 5.69 Å². The zero-order valence-corrected chi connectivity index (χ0v) is 10.1. The van der Waals surface area contributed by atoms with Crippen LogP contribution in [0.4, 0.5) is 5.69 Å². The van der Waals surface area contributed by atoms with E-state index in [0.717, 1.165) is 5.75 Å². The minimum Gasteiger partial charge on any atom is -0.329 e. The highest BCUT2D eigenvalue weighted by atomic mass is 32.2. The first-order valence-corrected chi connectivity index (χ1v) is 6.42. The molecule has 0 aliphatic heterocycles. The van der Waals surface area contributed by atoms with Gasteiger partial charge in [0.1, 0.15) is 0 Å². The molecule has 0 aliphatic carbocycles. The van der Waals surface area contributed by atoms with Crippen LogP contribution in [0.1, 0.15) is 6.92 Å². The number of hydrogen-bond acceptors (Lipinski definition) is 2. The van der Waals surface area contributed by atoms with Crippen LogP contribution in [-0.2, 0) is 0 Å². The van der Waals surface area contributed by atoms with Crippen LogP contribution < -0.4 is 4.72 Å². The van der Waals surface area contributed by atoms with E-state index in [1.807, 2.05) is 6.07 Å². The average molecular weight is 229 g/mol. The summed E-state index contributed by atoms with van der Waals surface area (Å²) < 4.78 is 3.38. The van der Waals surface area contributed by atoms with Crippen molar-refractivity contribution in [1.82, 2.24) is 0 Å². The van der Waals surface area contributed by atoms with Crippen LogP contribution >= 0.6 is 11.9 Å². The highest BCUT2D eigenvalue weighted by Crippen LogP contribution is 2.28. The Bertz CT molecular complexity index is 439. The van der Waals surface area contributed by atoms with Gasteiger partial charge in [-0.3, -0.25) is 0 Å². The highest BCUT2D eigenvalue weighted by molar-refractivity contribution is 8.00. The number of benzene rings is 2. The summed E-state index contributed by atoms with van der Waals surface area (Å²) in [5.74, 6) is 1.06. The molecule has 1 N–H and O–H groups in total. The summed E-state index contributed by atoms with van der Waals surface area (Å²) in [6.07, 6.45) is 0. The van der Waals surface area contributed by atoms with Crippen LogP contribution in [-0.4, -0.2) is 5.75 Å². The SMILES string of the molecule is CCSNc1ccccc1-c1ccccc1. The highest BCUT2D eigenvalue weighted by Gasteiger charge is 2.02. The summed E-state index contributed by atoms with van der Waals surface area (Å²) in [6, 6.07) is 18.8. The third-order valence-corrected chi connectivity index (χ3v) is 2.99. The van der Waals surface area contributed by atoms with Crippen LogP contribution in [0.2, 0.25) is 0 Å². The Balaban J connectivity index is 2.33. The Labute approximate surface area is 101 Å². The van der Waals surface area contributed by atoms with Crippen LogP contribution in [0.25, 0.3) is 11.1 Å². The molecular weight excluding hydrogens is 214 g/mol. The van der Waals surface area contributed by atoms with Crippen LogP contribution in [0.15, 0.2) is 54.6 Å². The smallest absolute Gasteiger partial charge is 0.0519 e. The zero-order chi connectivity index (χ0) is 11.2.